The van der Waals surface area contributed by atoms with Gasteiger partial charge < -0.3 is 5.11 Å². The molecule has 0 unspecified atom stereocenters. The van der Waals surface area contributed by atoms with E-state index >= 15 is 0 Å². The van der Waals surface area contributed by atoms with Gasteiger partial charge in [-0.15, -0.1) is 0 Å². The highest BCUT2D eigenvalue weighted by molar-refractivity contribution is 5.68. The van der Waals surface area contributed by atoms with Gasteiger partial charge in [0.25, 0.3) is 0 Å². The Labute approximate surface area is 161 Å². The molecule has 0 atom stereocenters. The van der Waals surface area contributed by atoms with Crippen LogP contribution in [0.5, 0.6) is 5.75 Å². The molecule has 0 aromatic heterocycles. The van der Waals surface area contributed by atoms with Crippen LogP contribution < -0.4 is 0 Å². The van der Waals surface area contributed by atoms with Gasteiger partial charge in [-0.3, -0.25) is 0 Å². The van der Waals surface area contributed by atoms with E-state index in [0.717, 1.165) is 34.8 Å². The molecule has 0 radical (unpaired) electrons. The number of allylic oxidation sites excluding steroid dienone is 1. The quantitative estimate of drug-likeness (QED) is 0.672. The van der Waals surface area contributed by atoms with E-state index in [9.17, 15) is 5.11 Å². The lowest BCUT2D eigenvalue weighted by Crippen LogP contribution is -2.43. The molecule has 4 aliphatic carbocycles. The van der Waals surface area contributed by atoms with Crippen LogP contribution in [0.2, 0.25) is 0 Å². The van der Waals surface area contributed by atoms with Crippen molar-refractivity contribution >= 4 is 6.08 Å². The first-order valence-electron chi connectivity index (χ1n) is 10.2. The van der Waals surface area contributed by atoms with Gasteiger partial charge in [0.05, 0.1) is 6.07 Å². The second-order valence-electron chi connectivity index (χ2n) is 8.81. The Hall–Kier alpha value is -2.53. The van der Waals surface area contributed by atoms with Gasteiger partial charge >= 0.3 is 0 Å². The van der Waals surface area contributed by atoms with Gasteiger partial charge in [-0.2, -0.15) is 5.26 Å². The van der Waals surface area contributed by atoms with Crippen LogP contribution in [0.25, 0.3) is 17.2 Å². The number of phenolic OH excluding ortho intramolecular Hbond substituents is 1. The summed E-state index contributed by atoms with van der Waals surface area (Å²) in [5.41, 5.74) is 4.54. The van der Waals surface area contributed by atoms with Crippen LogP contribution in [0.4, 0.5) is 0 Å². The number of hydrogen-bond donors (Lipinski definition) is 1. The first-order chi connectivity index (χ1) is 13.2. The molecule has 0 heterocycles. The zero-order chi connectivity index (χ0) is 18.4. The number of rotatable bonds is 3. The van der Waals surface area contributed by atoms with Crippen LogP contribution in [-0.2, 0) is 0 Å². The number of hydrogen-bond acceptors (Lipinski definition) is 2. The summed E-state index contributed by atoms with van der Waals surface area (Å²) in [4.78, 5) is 0. The molecule has 2 aromatic rings. The lowest BCUT2D eigenvalue weighted by atomic mass is 9.50. The molecule has 27 heavy (non-hydrogen) atoms. The van der Waals surface area contributed by atoms with Crippen LogP contribution in [-0.4, -0.2) is 5.11 Å². The Kier molecular flexibility index (Phi) is 4.05. The molecule has 0 aliphatic heterocycles. The third kappa shape index (κ3) is 2.96. The van der Waals surface area contributed by atoms with E-state index in [2.05, 4.69) is 18.2 Å². The minimum Gasteiger partial charge on any atom is -0.508 e. The van der Waals surface area contributed by atoms with E-state index in [1.54, 1.807) is 0 Å². The van der Waals surface area contributed by atoms with E-state index in [0.29, 0.717) is 11.7 Å². The van der Waals surface area contributed by atoms with Crippen molar-refractivity contribution in [3.8, 4) is 22.9 Å². The van der Waals surface area contributed by atoms with Crippen LogP contribution in [0.15, 0.2) is 48.5 Å². The van der Waals surface area contributed by atoms with E-state index in [1.807, 2.05) is 36.4 Å². The van der Waals surface area contributed by atoms with Crippen molar-refractivity contribution in [1.29, 1.82) is 5.26 Å². The zero-order valence-electron chi connectivity index (χ0n) is 15.5. The molecule has 2 heteroatoms. The van der Waals surface area contributed by atoms with Crippen LogP contribution in [0, 0.1) is 35.0 Å². The molecule has 0 spiro atoms. The Morgan fingerprint density at radius 3 is 2.11 bits per heavy atom. The van der Waals surface area contributed by atoms with E-state index in [1.165, 1.54) is 49.3 Å². The molecular weight excluding hydrogens is 330 g/mol. The van der Waals surface area contributed by atoms with Crippen molar-refractivity contribution < 1.29 is 5.11 Å². The lowest BCUT2D eigenvalue weighted by Gasteiger charge is -2.54. The van der Waals surface area contributed by atoms with Crippen LogP contribution in [0.3, 0.4) is 0 Å². The molecule has 1 N–H and O–H groups in total. The lowest BCUT2D eigenvalue weighted by molar-refractivity contribution is -0.00345. The van der Waals surface area contributed by atoms with E-state index in [4.69, 9.17) is 5.26 Å². The maximum atomic E-state index is 10.7. The SMILES string of the molecule is N#CC=Cc1ccc(-c2ccc(O)c(C3C4CC5CC(C4)CC3C5)c2)cc1. The fourth-order valence-electron chi connectivity index (χ4n) is 6.35. The van der Waals surface area contributed by atoms with Crippen LogP contribution >= 0.6 is 0 Å². The molecule has 4 saturated carbocycles. The molecule has 0 amide bonds. The summed E-state index contributed by atoms with van der Waals surface area (Å²) in [7, 11) is 0. The zero-order valence-corrected chi connectivity index (χ0v) is 15.5. The average molecular weight is 355 g/mol. The summed E-state index contributed by atoms with van der Waals surface area (Å²) in [6.45, 7) is 0. The van der Waals surface area contributed by atoms with Crippen molar-refractivity contribution in [2.24, 2.45) is 23.7 Å². The normalized spacial score (nSPS) is 31.3. The monoisotopic (exact) mass is 355 g/mol. The second kappa shape index (κ2) is 6.57. The van der Waals surface area contributed by atoms with Gasteiger partial charge in [-0.1, -0.05) is 30.3 Å². The first kappa shape index (κ1) is 16.6. The maximum absolute atomic E-state index is 10.7. The highest BCUT2D eigenvalue weighted by Gasteiger charge is 2.49. The molecule has 6 rings (SSSR count). The highest BCUT2D eigenvalue weighted by atomic mass is 16.3. The standard InChI is InChI=1S/C25H25NO/c26-9-1-2-16-3-5-19(6-4-16)20-7-8-24(27)23(15-20)25-21-11-17-10-18(13-21)14-22(25)12-17/h1-8,15,17-18,21-22,25,27H,10-14H2. The van der Waals surface area contributed by atoms with Gasteiger partial charge in [0.1, 0.15) is 5.75 Å². The largest absolute Gasteiger partial charge is 0.508 e. The summed E-state index contributed by atoms with van der Waals surface area (Å²) >= 11 is 0. The van der Waals surface area contributed by atoms with Crippen molar-refractivity contribution in [2.45, 2.75) is 38.0 Å². The average Bonchev–Trinajstić information content (AvgIpc) is 2.67. The Balaban J connectivity index is 1.47. The summed E-state index contributed by atoms with van der Waals surface area (Å²) in [6, 6.07) is 16.5. The van der Waals surface area contributed by atoms with Gasteiger partial charge in [0.2, 0.25) is 0 Å². The molecule has 4 fully saturated rings. The molecule has 4 bridgehead atoms. The third-order valence-corrected chi connectivity index (χ3v) is 7.21. The molecular formula is C25H25NO. The number of nitrogens with zero attached hydrogens (tertiary/aromatic N) is 1. The molecule has 2 aromatic carbocycles. The van der Waals surface area contributed by atoms with Crippen molar-refractivity contribution in [2.75, 3.05) is 0 Å². The summed E-state index contributed by atoms with van der Waals surface area (Å²) < 4.78 is 0. The fourth-order valence-corrected chi connectivity index (χ4v) is 6.35. The predicted octanol–water partition coefficient (Wildman–Crippen LogP) is 6.14. The predicted molar refractivity (Wildman–Crippen MR) is 108 cm³/mol. The fraction of sp³-hybridized carbons (Fsp3) is 0.400. The van der Waals surface area contributed by atoms with Crippen molar-refractivity contribution in [1.82, 2.24) is 0 Å². The third-order valence-electron chi connectivity index (χ3n) is 7.21. The summed E-state index contributed by atoms with van der Waals surface area (Å²) in [5.74, 6) is 4.44. The highest BCUT2D eigenvalue weighted by Crippen LogP contribution is 2.60. The minimum atomic E-state index is 0.477. The summed E-state index contributed by atoms with van der Waals surface area (Å²) in [5, 5.41) is 19.3. The topological polar surface area (TPSA) is 44.0 Å². The van der Waals surface area contributed by atoms with Gasteiger partial charge in [0, 0.05) is 6.08 Å². The van der Waals surface area contributed by atoms with E-state index < -0.39 is 0 Å². The van der Waals surface area contributed by atoms with Gasteiger partial charge in [0.15, 0.2) is 0 Å². The van der Waals surface area contributed by atoms with Gasteiger partial charge in [-0.25, -0.2) is 0 Å². The Bertz CT molecular complexity index is 890. The second-order valence-corrected chi connectivity index (χ2v) is 8.81. The molecule has 136 valence electrons. The number of aromatic hydroxyl groups is 1. The molecule has 0 saturated heterocycles. The van der Waals surface area contributed by atoms with Crippen molar-refractivity contribution in [3.63, 3.8) is 0 Å². The smallest absolute Gasteiger partial charge is 0.119 e. The summed E-state index contributed by atoms with van der Waals surface area (Å²) in [6.07, 6.45) is 10.2. The Morgan fingerprint density at radius 2 is 1.48 bits per heavy atom. The maximum Gasteiger partial charge on any atom is 0.119 e. The first-order valence-corrected chi connectivity index (χ1v) is 10.2. The minimum absolute atomic E-state index is 0.477. The molecule has 4 aliphatic rings. The number of benzene rings is 2. The number of phenols is 1. The molecule has 2 nitrogen and oxygen atoms in total. The Morgan fingerprint density at radius 1 is 0.852 bits per heavy atom. The van der Waals surface area contributed by atoms with Crippen LogP contribution in [0.1, 0.15) is 49.1 Å². The van der Waals surface area contributed by atoms with Gasteiger partial charge in [-0.05, 0) is 102 Å². The number of nitriles is 1. The van der Waals surface area contributed by atoms with E-state index in [-0.39, 0.29) is 0 Å². The van der Waals surface area contributed by atoms with Crippen molar-refractivity contribution in [3.05, 3.63) is 59.7 Å².